The summed E-state index contributed by atoms with van der Waals surface area (Å²) >= 11 is 1.77. The molecule has 3 heteroatoms. The molecule has 2 aromatic rings. The molecule has 0 spiro atoms. The van der Waals surface area contributed by atoms with E-state index in [1.807, 2.05) is 24.3 Å². The van der Waals surface area contributed by atoms with Crippen LogP contribution in [0.3, 0.4) is 0 Å². The lowest BCUT2D eigenvalue weighted by Crippen LogP contribution is -1.97. The van der Waals surface area contributed by atoms with E-state index in [9.17, 15) is 0 Å². The highest BCUT2D eigenvalue weighted by Gasteiger charge is 1.96. The smallest absolute Gasteiger partial charge is 0.0717 e. The van der Waals surface area contributed by atoms with Gasteiger partial charge < -0.3 is 9.84 Å². The summed E-state index contributed by atoms with van der Waals surface area (Å²) in [7, 11) is 0. The second kappa shape index (κ2) is 8.55. The normalized spacial score (nSPS) is 10.1. The van der Waals surface area contributed by atoms with E-state index < -0.39 is 0 Å². The maximum atomic E-state index is 8.66. The number of rotatable bonds is 6. The summed E-state index contributed by atoms with van der Waals surface area (Å²) in [6.45, 7) is 1.50. The Labute approximate surface area is 124 Å². The van der Waals surface area contributed by atoms with Crippen molar-refractivity contribution in [2.75, 3.05) is 13.2 Å². The van der Waals surface area contributed by atoms with E-state index in [1.165, 1.54) is 4.88 Å². The highest BCUT2D eigenvalue weighted by Crippen LogP contribution is 2.10. The molecule has 0 aliphatic heterocycles. The van der Waals surface area contributed by atoms with Crippen molar-refractivity contribution >= 4 is 11.3 Å². The van der Waals surface area contributed by atoms with Gasteiger partial charge in [0.2, 0.25) is 0 Å². The third kappa shape index (κ3) is 5.18. The highest BCUT2D eigenvalue weighted by atomic mass is 32.1. The lowest BCUT2D eigenvalue weighted by Gasteiger charge is -2.03. The van der Waals surface area contributed by atoms with Gasteiger partial charge in [-0.1, -0.05) is 30.0 Å². The fraction of sp³-hybridized carbons (Fsp3) is 0.294. The van der Waals surface area contributed by atoms with Crippen molar-refractivity contribution in [2.24, 2.45) is 0 Å². The molecule has 1 aromatic heterocycles. The van der Waals surface area contributed by atoms with Crippen LogP contribution in [-0.2, 0) is 17.8 Å². The maximum absolute atomic E-state index is 8.66. The van der Waals surface area contributed by atoms with Crippen LogP contribution in [0.4, 0.5) is 0 Å². The summed E-state index contributed by atoms with van der Waals surface area (Å²) in [5.41, 5.74) is 2.13. The van der Waals surface area contributed by atoms with Crippen molar-refractivity contribution in [1.29, 1.82) is 0 Å². The molecular formula is C17H18O2S. The third-order valence-electron chi connectivity index (χ3n) is 2.77. The zero-order valence-corrected chi connectivity index (χ0v) is 12.2. The number of hydrogen-bond donors (Lipinski definition) is 1. The van der Waals surface area contributed by atoms with Gasteiger partial charge >= 0.3 is 0 Å². The predicted molar refractivity (Wildman–Crippen MR) is 82.7 cm³/mol. The van der Waals surface area contributed by atoms with Gasteiger partial charge in [0.15, 0.2) is 0 Å². The van der Waals surface area contributed by atoms with Gasteiger partial charge in [-0.2, -0.15) is 0 Å². The van der Waals surface area contributed by atoms with Crippen LogP contribution in [0.1, 0.15) is 22.4 Å². The van der Waals surface area contributed by atoms with E-state index >= 15 is 0 Å². The maximum Gasteiger partial charge on any atom is 0.0717 e. The first-order valence-electron chi connectivity index (χ1n) is 6.67. The highest BCUT2D eigenvalue weighted by molar-refractivity contribution is 7.09. The van der Waals surface area contributed by atoms with Crippen molar-refractivity contribution in [3.63, 3.8) is 0 Å². The first-order chi connectivity index (χ1) is 9.88. The molecule has 2 rings (SSSR count). The first kappa shape index (κ1) is 14.8. The van der Waals surface area contributed by atoms with Gasteiger partial charge in [-0.25, -0.2) is 0 Å². The zero-order valence-electron chi connectivity index (χ0n) is 11.3. The molecule has 1 heterocycles. The number of aliphatic hydroxyl groups is 1. The topological polar surface area (TPSA) is 29.5 Å². The van der Waals surface area contributed by atoms with Crippen molar-refractivity contribution in [3.8, 4) is 11.8 Å². The van der Waals surface area contributed by atoms with Crippen LogP contribution < -0.4 is 0 Å². The molecule has 0 atom stereocenters. The second-order valence-electron chi connectivity index (χ2n) is 4.35. The van der Waals surface area contributed by atoms with Crippen molar-refractivity contribution < 1.29 is 9.84 Å². The minimum absolute atomic E-state index is 0.114. The van der Waals surface area contributed by atoms with Gasteiger partial charge in [-0.15, -0.1) is 11.3 Å². The summed E-state index contributed by atoms with van der Waals surface area (Å²) in [5, 5.41) is 10.7. The van der Waals surface area contributed by atoms with E-state index in [0.29, 0.717) is 13.0 Å². The standard InChI is InChI=1S/C17H18O2S/c18-11-2-1-4-15-6-8-16(9-7-15)14-19-12-10-17-5-3-13-20-17/h3,5-9,13,18H,2,10-12,14H2. The Bertz CT molecular complexity index is 547. The molecule has 1 aromatic carbocycles. The quantitative estimate of drug-likeness (QED) is 0.652. The molecule has 0 unspecified atom stereocenters. The summed E-state index contributed by atoms with van der Waals surface area (Å²) < 4.78 is 5.67. The number of hydrogen-bond acceptors (Lipinski definition) is 3. The molecular weight excluding hydrogens is 268 g/mol. The lowest BCUT2D eigenvalue weighted by molar-refractivity contribution is 0.124. The van der Waals surface area contributed by atoms with Crippen molar-refractivity contribution in [3.05, 3.63) is 57.8 Å². The minimum Gasteiger partial charge on any atom is -0.395 e. The van der Waals surface area contributed by atoms with Gasteiger partial charge in [-0.05, 0) is 29.1 Å². The Morgan fingerprint density at radius 1 is 1.15 bits per heavy atom. The Kier molecular flexibility index (Phi) is 6.33. The number of thiophene rings is 1. The van der Waals surface area contributed by atoms with Crippen LogP contribution in [0.2, 0.25) is 0 Å². The van der Waals surface area contributed by atoms with E-state index in [2.05, 4.69) is 29.4 Å². The van der Waals surface area contributed by atoms with E-state index in [-0.39, 0.29) is 6.61 Å². The largest absolute Gasteiger partial charge is 0.395 e. The summed E-state index contributed by atoms with van der Waals surface area (Å²) in [6, 6.07) is 12.2. The summed E-state index contributed by atoms with van der Waals surface area (Å²) in [4.78, 5) is 1.36. The fourth-order valence-electron chi connectivity index (χ4n) is 1.72. The monoisotopic (exact) mass is 286 g/mol. The zero-order chi connectivity index (χ0) is 14.0. The molecule has 0 bridgehead atoms. The van der Waals surface area contributed by atoms with E-state index in [4.69, 9.17) is 9.84 Å². The molecule has 0 saturated carbocycles. The first-order valence-corrected chi connectivity index (χ1v) is 7.55. The molecule has 2 nitrogen and oxygen atoms in total. The summed E-state index contributed by atoms with van der Waals surface area (Å²) in [5.74, 6) is 5.92. The van der Waals surface area contributed by atoms with E-state index in [0.717, 1.165) is 24.2 Å². The predicted octanol–water partition coefficient (Wildman–Crippen LogP) is 3.24. The Hall–Kier alpha value is -1.60. The van der Waals surface area contributed by atoms with Gasteiger partial charge in [0.1, 0.15) is 0 Å². The van der Waals surface area contributed by atoms with Crippen LogP contribution in [0.15, 0.2) is 41.8 Å². The average Bonchev–Trinajstić information content (AvgIpc) is 2.99. The molecule has 0 fully saturated rings. The molecule has 0 saturated heterocycles. The second-order valence-corrected chi connectivity index (χ2v) is 5.39. The third-order valence-corrected chi connectivity index (χ3v) is 3.70. The van der Waals surface area contributed by atoms with Crippen molar-refractivity contribution in [2.45, 2.75) is 19.4 Å². The van der Waals surface area contributed by atoms with Crippen LogP contribution in [0.5, 0.6) is 0 Å². The molecule has 0 radical (unpaired) electrons. The van der Waals surface area contributed by atoms with Crippen LogP contribution in [0, 0.1) is 11.8 Å². The van der Waals surface area contributed by atoms with Crippen LogP contribution >= 0.6 is 11.3 Å². The molecule has 1 N–H and O–H groups in total. The van der Waals surface area contributed by atoms with E-state index in [1.54, 1.807) is 11.3 Å². The van der Waals surface area contributed by atoms with Gasteiger partial charge in [0, 0.05) is 23.3 Å². The molecule has 0 aliphatic carbocycles. The van der Waals surface area contributed by atoms with Crippen molar-refractivity contribution in [1.82, 2.24) is 0 Å². The van der Waals surface area contributed by atoms with Crippen LogP contribution in [-0.4, -0.2) is 18.3 Å². The SMILES string of the molecule is OCCC#Cc1ccc(COCCc2cccs2)cc1. The fourth-order valence-corrected chi connectivity index (χ4v) is 2.41. The molecule has 104 valence electrons. The van der Waals surface area contributed by atoms with Gasteiger partial charge in [0.05, 0.1) is 19.8 Å². The molecule has 0 aliphatic rings. The average molecular weight is 286 g/mol. The van der Waals surface area contributed by atoms with Crippen LogP contribution in [0.25, 0.3) is 0 Å². The summed E-state index contributed by atoms with van der Waals surface area (Å²) in [6.07, 6.45) is 1.50. The minimum atomic E-state index is 0.114. The van der Waals surface area contributed by atoms with Gasteiger partial charge in [-0.3, -0.25) is 0 Å². The Morgan fingerprint density at radius 2 is 2.00 bits per heavy atom. The number of benzene rings is 1. The Morgan fingerprint density at radius 3 is 2.70 bits per heavy atom. The number of ether oxygens (including phenoxy) is 1. The lowest BCUT2D eigenvalue weighted by atomic mass is 10.1. The molecule has 20 heavy (non-hydrogen) atoms. The number of aliphatic hydroxyl groups excluding tert-OH is 1. The Balaban J connectivity index is 1.72. The molecule has 0 amide bonds. The van der Waals surface area contributed by atoms with Gasteiger partial charge in [0.25, 0.3) is 0 Å².